The van der Waals surface area contributed by atoms with Crippen LogP contribution in [0, 0.1) is 0 Å². The molecule has 0 atom stereocenters. The third-order valence-electron chi connectivity index (χ3n) is 2.32. The lowest BCUT2D eigenvalue weighted by atomic mass is 10.2. The molecule has 0 aliphatic rings. The molecule has 96 valence electrons. The number of benzene rings is 1. The van der Waals surface area contributed by atoms with Crippen molar-refractivity contribution in [3.05, 3.63) is 58.3 Å². The molecule has 0 bridgehead atoms. The summed E-state index contributed by atoms with van der Waals surface area (Å²) in [5.74, 6) is -1.66. The van der Waals surface area contributed by atoms with E-state index in [1.165, 1.54) is 24.4 Å². The fraction of sp³-hybridized carbons (Fsp3) is 0. The van der Waals surface area contributed by atoms with E-state index in [0.29, 0.717) is 15.7 Å². The molecule has 1 aromatic carbocycles. The van der Waals surface area contributed by atoms with E-state index >= 15 is 0 Å². The molecule has 6 heteroatoms. The zero-order valence-electron chi connectivity index (χ0n) is 9.59. The average Bonchev–Trinajstić information content (AvgIpc) is 2.39. The van der Waals surface area contributed by atoms with E-state index in [1.807, 2.05) is 0 Å². The molecule has 1 N–H and O–H groups in total. The number of hydrogen-bond donors (Lipinski definition) is 1. The van der Waals surface area contributed by atoms with Crippen LogP contribution in [0.4, 0.5) is 5.69 Å². The van der Waals surface area contributed by atoms with E-state index in [1.54, 1.807) is 18.3 Å². The van der Waals surface area contributed by atoms with Crippen LogP contribution in [0.15, 0.2) is 47.2 Å². The van der Waals surface area contributed by atoms with Gasteiger partial charge >= 0.3 is 0 Å². The van der Waals surface area contributed by atoms with Gasteiger partial charge in [0.05, 0.1) is 11.5 Å². The van der Waals surface area contributed by atoms with Crippen LogP contribution in [0.2, 0.25) is 0 Å². The highest BCUT2D eigenvalue weighted by atomic mass is 79.9. The molecule has 2 rings (SSSR count). The van der Waals surface area contributed by atoms with Crippen LogP contribution in [0.3, 0.4) is 0 Å². The molecule has 1 amide bonds. The van der Waals surface area contributed by atoms with Gasteiger partial charge in [0.1, 0.15) is 0 Å². The molecular formula is C13H8BrN2O3-. The zero-order valence-corrected chi connectivity index (χ0v) is 11.2. The molecule has 0 radical (unpaired) electrons. The summed E-state index contributed by atoms with van der Waals surface area (Å²) < 4.78 is 0.684. The lowest BCUT2D eigenvalue weighted by Crippen LogP contribution is -2.22. The Morgan fingerprint density at radius 2 is 1.95 bits per heavy atom. The van der Waals surface area contributed by atoms with Gasteiger partial charge < -0.3 is 15.2 Å². The monoisotopic (exact) mass is 319 g/mol. The Hall–Kier alpha value is -2.21. The number of aromatic nitrogens is 1. The summed E-state index contributed by atoms with van der Waals surface area (Å²) in [6.45, 7) is 0. The van der Waals surface area contributed by atoms with Crippen molar-refractivity contribution in [2.75, 3.05) is 5.32 Å². The summed E-state index contributed by atoms with van der Waals surface area (Å²) in [6, 6.07) is 7.46. The molecule has 0 saturated heterocycles. The molecule has 1 heterocycles. The number of halogens is 1. The molecule has 2 aromatic rings. The van der Waals surface area contributed by atoms with Gasteiger partial charge in [-0.15, -0.1) is 0 Å². The van der Waals surface area contributed by atoms with Crippen molar-refractivity contribution in [3.63, 3.8) is 0 Å². The number of carboxylic acid groups (broad SMARTS) is 1. The number of carbonyl (C=O) groups is 2. The Morgan fingerprint density at radius 1 is 1.16 bits per heavy atom. The van der Waals surface area contributed by atoms with Gasteiger partial charge in [-0.1, -0.05) is 12.1 Å². The van der Waals surface area contributed by atoms with Crippen LogP contribution < -0.4 is 10.4 Å². The van der Waals surface area contributed by atoms with Gasteiger partial charge in [-0.3, -0.25) is 9.78 Å². The number of hydrogen-bond acceptors (Lipinski definition) is 4. The summed E-state index contributed by atoms with van der Waals surface area (Å²) >= 11 is 3.22. The highest BCUT2D eigenvalue weighted by molar-refractivity contribution is 9.10. The van der Waals surface area contributed by atoms with Crippen molar-refractivity contribution < 1.29 is 14.7 Å². The predicted octanol–water partition coefficient (Wildman–Crippen LogP) is 1.46. The second-order valence-corrected chi connectivity index (χ2v) is 4.63. The number of nitrogens with zero attached hydrogens (tertiary/aromatic N) is 1. The van der Waals surface area contributed by atoms with Gasteiger partial charge in [0, 0.05) is 22.6 Å². The fourth-order valence-corrected chi connectivity index (χ4v) is 1.83. The summed E-state index contributed by atoms with van der Waals surface area (Å²) in [4.78, 5) is 26.5. The molecule has 0 spiro atoms. The van der Waals surface area contributed by atoms with Crippen molar-refractivity contribution in [1.82, 2.24) is 4.98 Å². The first kappa shape index (κ1) is 13.2. The third-order valence-corrected chi connectivity index (χ3v) is 2.76. The number of rotatable bonds is 3. The zero-order chi connectivity index (χ0) is 13.8. The molecule has 19 heavy (non-hydrogen) atoms. The lowest BCUT2D eigenvalue weighted by molar-refractivity contribution is -0.255. The maximum absolute atomic E-state index is 11.9. The van der Waals surface area contributed by atoms with Gasteiger partial charge in [-0.05, 0) is 39.7 Å². The Labute approximate surface area is 117 Å². The summed E-state index contributed by atoms with van der Waals surface area (Å²) in [5.41, 5.74) is 0.755. The number of aromatic carboxylic acids is 1. The molecule has 1 aromatic heterocycles. The third kappa shape index (κ3) is 3.38. The molecule has 0 aliphatic carbocycles. The largest absolute Gasteiger partial charge is 0.545 e. The van der Waals surface area contributed by atoms with E-state index in [2.05, 4.69) is 26.2 Å². The number of nitrogens with one attached hydrogen (secondary N) is 1. The quantitative estimate of drug-likeness (QED) is 0.928. The van der Waals surface area contributed by atoms with Gasteiger partial charge in [0.25, 0.3) is 5.91 Å². The molecular weight excluding hydrogens is 312 g/mol. The number of anilines is 1. The van der Waals surface area contributed by atoms with E-state index in [4.69, 9.17) is 0 Å². The average molecular weight is 320 g/mol. The summed E-state index contributed by atoms with van der Waals surface area (Å²) in [6.07, 6.45) is 2.98. The number of carbonyl (C=O) groups excluding carboxylic acids is 2. The van der Waals surface area contributed by atoms with E-state index in [0.717, 1.165) is 0 Å². The van der Waals surface area contributed by atoms with Crippen molar-refractivity contribution >= 4 is 33.5 Å². The fourth-order valence-electron chi connectivity index (χ4n) is 1.46. The van der Waals surface area contributed by atoms with E-state index in [-0.39, 0.29) is 11.5 Å². The Morgan fingerprint density at radius 3 is 2.63 bits per heavy atom. The molecule has 0 saturated carbocycles. The van der Waals surface area contributed by atoms with Crippen molar-refractivity contribution in [3.8, 4) is 0 Å². The van der Waals surface area contributed by atoms with Gasteiger partial charge in [0.2, 0.25) is 0 Å². The summed E-state index contributed by atoms with van der Waals surface area (Å²) in [5, 5.41) is 13.3. The lowest BCUT2D eigenvalue weighted by Gasteiger charge is -2.08. The van der Waals surface area contributed by atoms with Crippen LogP contribution in [-0.2, 0) is 0 Å². The van der Waals surface area contributed by atoms with Crippen LogP contribution >= 0.6 is 15.9 Å². The minimum Gasteiger partial charge on any atom is -0.545 e. The van der Waals surface area contributed by atoms with Crippen molar-refractivity contribution in [1.29, 1.82) is 0 Å². The standard InChI is InChI=1S/C13H9BrN2O3/c14-10-4-9(6-15-7-10)12(17)16-11-3-1-2-8(5-11)13(18)19/h1-7H,(H,16,17)(H,18,19)/p-1. The smallest absolute Gasteiger partial charge is 0.257 e. The van der Waals surface area contributed by atoms with Crippen LogP contribution in [0.5, 0.6) is 0 Å². The Kier molecular flexibility index (Phi) is 3.91. The highest BCUT2D eigenvalue weighted by Crippen LogP contribution is 2.14. The number of amides is 1. The van der Waals surface area contributed by atoms with Gasteiger partial charge in [-0.25, -0.2) is 0 Å². The van der Waals surface area contributed by atoms with E-state index in [9.17, 15) is 14.7 Å². The van der Waals surface area contributed by atoms with Crippen LogP contribution in [0.25, 0.3) is 0 Å². The second-order valence-electron chi connectivity index (χ2n) is 3.71. The molecule has 0 fully saturated rings. The first-order valence-corrected chi connectivity index (χ1v) is 6.09. The molecule has 0 aliphatic heterocycles. The summed E-state index contributed by atoms with van der Waals surface area (Å²) in [7, 11) is 0. The molecule has 5 nitrogen and oxygen atoms in total. The van der Waals surface area contributed by atoms with Gasteiger partial charge in [-0.2, -0.15) is 0 Å². The SMILES string of the molecule is O=C([O-])c1cccc(NC(=O)c2cncc(Br)c2)c1. The van der Waals surface area contributed by atoms with Crippen LogP contribution in [0.1, 0.15) is 20.7 Å². The Bertz CT molecular complexity index is 643. The molecule has 0 unspecified atom stereocenters. The maximum atomic E-state index is 11.9. The first-order chi connectivity index (χ1) is 9.06. The highest BCUT2D eigenvalue weighted by Gasteiger charge is 2.07. The normalized spacial score (nSPS) is 9.95. The minimum absolute atomic E-state index is 0.00478. The second kappa shape index (κ2) is 5.62. The maximum Gasteiger partial charge on any atom is 0.257 e. The van der Waals surface area contributed by atoms with Gasteiger partial charge in [0.15, 0.2) is 0 Å². The number of pyridine rings is 1. The number of carboxylic acids is 1. The van der Waals surface area contributed by atoms with Crippen LogP contribution in [-0.4, -0.2) is 16.9 Å². The van der Waals surface area contributed by atoms with Crippen molar-refractivity contribution in [2.24, 2.45) is 0 Å². The van der Waals surface area contributed by atoms with E-state index < -0.39 is 5.97 Å². The predicted molar refractivity (Wildman–Crippen MR) is 70.7 cm³/mol. The minimum atomic E-state index is -1.29. The topological polar surface area (TPSA) is 82.1 Å². The first-order valence-electron chi connectivity index (χ1n) is 5.29. The van der Waals surface area contributed by atoms with Crippen molar-refractivity contribution in [2.45, 2.75) is 0 Å². The Balaban J connectivity index is 2.19.